The number of aromatic nitrogens is 2. The quantitative estimate of drug-likeness (QED) is 0.720. The summed E-state index contributed by atoms with van der Waals surface area (Å²) in [6.07, 6.45) is 0. The molecule has 0 unspecified atom stereocenters. The molecule has 0 saturated heterocycles. The monoisotopic (exact) mass is 348 g/mol. The molecular formula is C18H25BrN2. The topological polar surface area (TPSA) is 17.8 Å². The van der Waals surface area contributed by atoms with Crippen molar-refractivity contribution in [2.45, 2.75) is 58.9 Å². The molecule has 0 aliphatic carbocycles. The van der Waals surface area contributed by atoms with Gasteiger partial charge in [-0.2, -0.15) is 5.10 Å². The Hall–Kier alpha value is -1.09. The van der Waals surface area contributed by atoms with Gasteiger partial charge in [0.25, 0.3) is 0 Å². The van der Waals surface area contributed by atoms with Gasteiger partial charge in [0.05, 0.1) is 12.2 Å². The minimum Gasteiger partial charge on any atom is -0.264 e. The molecule has 1 heterocycles. The summed E-state index contributed by atoms with van der Waals surface area (Å²) in [6, 6.07) is 10.7. The van der Waals surface area contributed by atoms with Gasteiger partial charge < -0.3 is 0 Å². The molecule has 0 radical (unpaired) electrons. The highest BCUT2D eigenvalue weighted by atomic mass is 79.9. The first kappa shape index (κ1) is 16.3. The maximum absolute atomic E-state index is 4.87. The van der Waals surface area contributed by atoms with Crippen LogP contribution in [0.5, 0.6) is 0 Å². The minimum absolute atomic E-state index is 0.0744. The molecule has 0 amide bonds. The lowest BCUT2D eigenvalue weighted by atomic mass is 9.88. The second kappa shape index (κ2) is 5.60. The van der Waals surface area contributed by atoms with Crippen molar-refractivity contribution in [3.8, 4) is 0 Å². The summed E-state index contributed by atoms with van der Waals surface area (Å²) in [6.45, 7) is 14.2. The molecule has 2 aromatic rings. The van der Waals surface area contributed by atoms with E-state index in [-0.39, 0.29) is 10.8 Å². The van der Waals surface area contributed by atoms with Crippen molar-refractivity contribution < 1.29 is 0 Å². The van der Waals surface area contributed by atoms with E-state index in [1.54, 1.807) is 0 Å². The number of hydrogen-bond donors (Lipinski definition) is 0. The molecule has 2 nitrogen and oxygen atoms in total. The van der Waals surface area contributed by atoms with Crippen molar-refractivity contribution in [2.75, 3.05) is 0 Å². The van der Waals surface area contributed by atoms with E-state index in [0.717, 1.165) is 16.7 Å². The van der Waals surface area contributed by atoms with Gasteiger partial charge in [-0.15, -0.1) is 0 Å². The van der Waals surface area contributed by atoms with Gasteiger partial charge in [0, 0.05) is 21.0 Å². The lowest BCUT2D eigenvalue weighted by Gasteiger charge is -2.20. The molecule has 0 fully saturated rings. The van der Waals surface area contributed by atoms with Gasteiger partial charge in [-0.1, -0.05) is 69.6 Å². The third-order valence-corrected chi connectivity index (χ3v) is 4.09. The average molecular weight is 349 g/mol. The molecule has 0 spiro atoms. The maximum atomic E-state index is 4.87. The zero-order valence-corrected chi connectivity index (χ0v) is 15.5. The lowest BCUT2D eigenvalue weighted by molar-refractivity contribution is 0.496. The summed E-state index contributed by atoms with van der Waals surface area (Å²) < 4.78 is 3.27. The normalized spacial score (nSPS) is 12.7. The Bertz CT molecular complexity index is 610. The predicted molar refractivity (Wildman–Crippen MR) is 92.9 cm³/mol. The fourth-order valence-electron chi connectivity index (χ4n) is 2.27. The number of halogens is 1. The number of rotatable bonds is 2. The summed E-state index contributed by atoms with van der Waals surface area (Å²) in [4.78, 5) is 0. The van der Waals surface area contributed by atoms with Crippen LogP contribution in [0.1, 0.15) is 58.5 Å². The standard InChI is InChI=1S/C18H25BrN2/c1-17(2,3)15-11-16(18(4,5)6)21(20-15)12-13-7-9-14(19)10-8-13/h7-11H,12H2,1-6H3. The van der Waals surface area contributed by atoms with Gasteiger partial charge in [-0.25, -0.2) is 0 Å². The van der Waals surface area contributed by atoms with E-state index in [2.05, 4.69) is 92.5 Å². The first-order chi connectivity index (χ1) is 9.57. The van der Waals surface area contributed by atoms with Crippen molar-refractivity contribution in [1.82, 2.24) is 9.78 Å². The number of benzene rings is 1. The van der Waals surface area contributed by atoms with Crippen LogP contribution in [0.4, 0.5) is 0 Å². The Morgan fingerprint density at radius 2 is 1.52 bits per heavy atom. The molecule has 114 valence electrons. The molecule has 0 aliphatic rings. The highest BCUT2D eigenvalue weighted by Gasteiger charge is 2.25. The van der Waals surface area contributed by atoms with Crippen LogP contribution in [0.15, 0.2) is 34.8 Å². The largest absolute Gasteiger partial charge is 0.264 e. The minimum atomic E-state index is 0.0744. The fraction of sp³-hybridized carbons (Fsp3) is 0.500. The summed E-state index contributed by atoms with van der Waals surface area (Å²) in [5.41, 5.74) is 3.88. The summed E-state index contributed by atoms with van der Waals surface area (Å²) in [5.74, 6) is 0. The fourth-order valence-corrected chi connectivity index (χ4v) is 2.53. The average Bonchev–Trinajstić information content (AvgIpc) is 2.75. The third kappa shape index (κ3) is 3.97. The first-order valence-electron chi connectivity index (χ1n) is 7.40. The third-order valence-electron chi connectivity index (χ3n) is 3.56. The highest BCUT2D eigenvalue weighted by Crippen LogP contribution is 2.29. The van der Waals surface area contributed by atoms with Crippen molar-refractivity contribution >= 4 is 15.9 Å². The van der Waals surface area contributed by atoms with E-state index in [4.69, 9.17) is 5.10 Å². The molecule has 0 aliphatic heterocycles. The van der Waals surface area contributed by atoms with Crippen LogP contribution in [0.2, 0.25) is 0 Å². The molecule has 0 bridgehead atoms. The zero-order chi connectivity index (χ0) is 15.8. The lowest BCUT2D eigenvalue weighted by Crippen LogP contribution is -2.19. The van der Waals surface area contributed by atoms with Crippen molar-refractivity contribution in [1.29, 1.82) is 0 Å². The van der Waals surface area contributed by atoms with Gasteiger partial charge in [0.15, 0.2) is 0 Å². The molecular weight excluding hydrogens is 324 g/mol. The summed E-state index contributed by atoms with van der Waals surface area (Å²) >= 11 is 3.48. The molecule has 1 aromatic heterocycles. The van der Waals surface area contributed by atoms with Crippen LogP contribution in [-0.4, -0.2) is 9.78 Å². The van der Waals surface area contributed by atoms with E-state index >= 15 is 0 Å². The number of hydrogen-bond acceptors (Lipinski definition) is 1. The van der Waals surface area contributed by atoms with Gasteiger partial charge >= 0.3 is 0 Å². The maximum Gasteiger partial charge on any atom is 0.0681 e. The second-order valence-corrected chi connectivity index (χ2v) is 8.61. The van der Waals surface area contributed by atoms with Crippen LogP contribution in [0.3, 0.4) is 0 Å². The highest BCUT2D eigenvalue weighted by molar-refractivity contribution is 9.10. The molecule has 0 saturated carbocycles. The Kier molecular flexibility index (Phi) is 4.34. The zero-order valence-electron chi connectivity index (χ0n) is 13.9. The SMILES string of the molecule is CC(C)(C)c1cc(C(C)(C)C)n(Cc2ccc(Br)cc2)n1. The molecule has 2 rings (SSSR count). The van der Waals surface area contributed by atoms with Crippen LogP contribution >= 0.6 is 15.9 Å². The van der Waals surface area contributed by atoms with E-state index in [9.17, 15) is 0 Å². The van der Waals surface area contributed by atoms with Crippen LogP contribution < -0.4 is 0 Å². The van der Waals surface area contributed by atoms with Gasteiger partial charge in [0.1, 0.15) is 0 Å². The van der Waals surface area contributed by atoms with E-state index in [0.29, 0.717) is 0 Å². The molecule has 3 heteroatoms. The van der Waals surface area contributed by atoms with Gasteiger partial charge in [0.2, 0.25) is 0 Å². The molecule has 1 aromatic carbocycles. The van der Waals surface area contributed by atoms with Crippen LogP contribution in [0.25, 0.3) is 0 Å². The Morgan fingerprint density at radius 1 is 0.952 bits per heavy atom. The van der Waals surface area contributed by atoms with Crippen molar-refractivity contribution in [3.63, 3.8) is 0 Å². The van der Waals surface area contributed by atoms with Gasteiger partial charge in [-0.3, -0.25) is 4.68 Å². The van der Waals surface area contributed by atoms with E-state index in [1.807, 2.05) is 0 Å². The Balaban J connectivity index is 2.41. The van der Waals surface area contributed by atoms with E-state index < -0.39 is 0 Å². The number of nitrogens with zero attached hydrogens (tertiary/aromatic N) is 2. The Morgan fingerprint density at radius 3 is 2.00 bits per heavy atom. The van der Waals surface area contributed by atoms with Crippen LogP contribution in [-0.2, 0) is 17.4 Å². The molecule has 0 N–H and O–H groups in total. The summed E-state index contributed by atoms with van der Waals surface area (Å²) in [7, 11) is 0. The van der Waals surface area contributed by atoms with Crippen LogP contribution in [0, 0.1) is 0 Å². The first-order valence-corrected chi connectivity index (χ1v) is 8.20. The Labute approximate surface area is 136 Å². The summed E-state index contributed by atoms with van der Waals surface area (Å²) in [5, 5.41) is 4.87. The van der Waals surface area contributed by atoms with E-state index in [1.165, 1.54) is 11.3 Å². The molecule has 21 heavy (non-hydrogen) atoms. The van der Waals surface area contributed by atoms with Crippen molar-refractivity contribution in [2.24, 2.45) is 0 Å². The smallest absolute Gasteiger partial charge is 0.0681 e. The van der Waals surface area contributed by atoms with Crippen molar-refractivity contribution in [3.05, 3.63) is 51.8 Å². The predicted octanol–water partition coefficient (Wildman–Crippen LogP) is 5.29. The van der Waals surface area contributed by atoms with Gasteiger partial charge in [-0.05, 0) is 23.8 Å². The second-order valence-electron chi connectivity index (χ2n) is 7.70. The molecule has 0 atom stereocenters.